The van der Waals surface area contributed by atoms with Crippen LogP contribution in [0.1, 0.15) is 0 Å². The minimum atomic E-state index is -1.27. The average Bonchev–Trinajstić information content (AvgIpc) is 2.07. The minimum Gasteiger partial charge on any atom is -0.387 e. The van der Waals surface area contributed by atoms with Gasteiger partial charge in [0.15, 0.2) is 0 Å². The Morgan fingerprint density at radius 3 is 1.10 bits per heavy atom. The molecule has 7 N–H and O–H groups in total. The first-order valence-corrected chi connectivity index (χ1v) is 3.11. The van der Waals surface area contributed by atoms with Gasteiger partial charge in [0.2, 0.25) is 0 Å². The van der Waals surface area contributed by atoms with E-state index in [-0.39, 0.29) is 0 Å². The summed E-state index contributed by atoms with van der Waals surface area (Å²) < 4.78 is 0. The summed E-state index contributed by atoms with van der Waals surface area (Å²) in [4.78, 5) is 0. The van der Waals surface area contributed by atoms with Crippen LogP contribution in [0.25, 0.3) is 0 Å². The molecule has 0 radical (unpaired) electrons. The Balaban J connectivity index is 2.68. The highest BCUT2D eigenvalue weighted by molar-refractivity contribution is 4.97. The predicted molar refractivity (Wildman–Crippen MR) is 30.7 cm³/mol. The summed E-state index contributed by atoms with van der Waals surface area (Å²) in [5, 5.41) is 35.8. The molecular formula is C5H12NO4+. The second-order valence-corrected chi connectivity index (χ2v) is 2.63. The van der Waals surface area contributed by atoms with E-state index < -0.39 is 30.5 Å². The van der Waals surface area contributed by atoms with Crippen molar-refractivity contribution in [1.29, 1.82) is 0 Å². The molecular weight excluding hydrogens is 138 g/mol. The highest BCUT2D eigenvalue weighted by Crippen LogP contribution is 2.18. The van der Waals surface area contributed by atoms with Crippen molar-refractivity contribution in [3.8, 4) is 0 Å². The Hall–Kier alpha value is -0.200. The Morgan fingerprint density at radius 2 is 1.00 bits per heavy atom. The van der Waals surface area contributed by atoms with E-state index in [0.29, 0.717) is 0 Å². The Bertz CT molecular complexity index is 86.0. The second kappa shape index (κ2) is 2.44. The van der Waals surface area contributed by atoms with Gasteiger partial charge in [-0.2, -0.15) is 0 Å². The first-order chi connectivity index (χ1) is 4.55. The molecule has 1 saturated carbocycles. The summed E-state index contributed by atoms with van der Waals surface area (Å²) >= 11 is 0. The van der Waals surface area contributed by atoms with Crippen LogP contribution in [0.4, 0.5) is 0 Å². The van der Waals surface area contributed by atoms with Gasteiger partial charge in [0.1, 0.15) is 30.5 Å². The first-order valence-electron chi connectivity index (χ1n) is 3.11. The third-order valence-electron chi connectivity index (χ3n) is 1.93. The fraction of sp³-hybridized carbons (Fsp3) is 1.00. The lowest BCUT2D eigenvalue weighted by molar-refractivity contribution is -0.449. The van der Waals surface area contributed by atoms with Gasteiger partial charge in [0.25, 0.3) is 0 Å². The summed E-state index contributed by atoms with van der Waals surface area (Å²) in [6.07, 6.45) is -4.77. The molecule has 0 saturated heterocycles. The molecule has 5 heteroatoms. The first kappa shape index (κ1) is 7.90. The standard InChI is InChI=1S/C5H11NO4/c6-1-2(7)4(9)5(10)3(1)8/h1-5,7-10H,6H2/p+1/t1?,2-,3-,4-,5+/m1/s1. The zero-order valence-corrected chi connectivity index (χ0v) is 5.38. The summed E-state index contributed by atoms with van der Waals surface area (Å²) in [6.45, 7) is 0. The molecule has 1 aliphatic rings. The van der Waals surface area contributed by atoms with Crippen LogP contribution in [0.2, 0.25) is 0 Å². The molecule has 0 aromatic heterocycles. The summed E-state index contributed by atoms with van der Waals surface area (Å²) in [7, 11) is 0. The molecule has 0 heterocycles. The zero-order valence-electron chi connectivity index (χ0n) is 5.38. The summed E-state index contributed by atoms with van der Waals surface area (Å²) in [5.74, 6) is 0. The van der Waals surface area contributed by atoms with E-state index in [0.717, 1.165) is 0 Å². The highest BCUT2D eigenvalue weighted by Gasteiger charge is 2.48. The van der Waals surface area contributed by atoms with Crippen molar-refractivity contribution in [3.63, 3.8) is 0 Å². The van der Waals surface area contributed by atoms with Crippen LogP contribution in [-0.2, 0) is 0 Å². The van der Waals surface area contributed by atoms with Crippen molar-refractivity contribution in [2.75, 3.05) is 0 Å². The van der Waals surface area contributed by atoms with Crippen molar-refractivity contribution < 1.29 is 26.2 Å². The average molecular weight is 150 g/mol. The lowest BCUT2D eigenvalue weighted by atomic mass is 10.2. The fourth-order valence-corrected chi connectivity index (χ4v) is 1.11. The largest absolute Gasteiger partial charge is 0.387 e. The molecule has 1 aliphatic carbocycles. The molecule has 5 nitrogen and oxygen atoms in total. The van der Waals surface area contributed by atoms with Gasteiger partial charge in [-0.05, 0) is 0 Å². The second-order valence-electron chi connectivity index (χ2n) is 2.63. The molecule has 1 fully saturated rings. The Morgan fingerprint density at radius 1 is 0.700 bits per heavy atom. The lowest BCUT2D eigenvalue weighted by Crippen LogP contribution is -2.69. The monoisotopic (exact) mass is 150 g/mol. The van der Waals surface area contributed by atoms with Crippen LogP contribution in [0.15, 0.2) is 0 Å². The Labute approximate surface area is 57.7 Å². The topological polar surface area (TPSA) is 109 Å². The van der Waals surface area contributed by atoms with Crippen molar-refractivity contribution in [2.45, 2.75) is 30.5 Å². The van der Waals surface area contributed by atoms with E-state index in [1.807, 2.05) is 0 Å². The lowest BCUT2D eigenvalue weighted by Gasteiger charge is -2.08. The molecule has 10 heavy (non-hydrogen) atoms. The van der Waals surface area contributed by atoms with E-state index in [1.165, 1.54) is 0 Å². The smallest absolute Gasteiger partial charge is 0.142 e. The number of hydrogen-bond donors (Lipinski definition) is 5. The van der Waals surface area contributed by atoms with Crippen LogP contribution in [0.5, 0.6) is 0 Å². The van der Waals surface area contributed by atoms with Crippen LogP contribution in [0.3, 0.4) is 0 Å². The molecule has 0 aliphatic heterocycles. The molecule has 0 spiro atoms. The van der Waals surface area contributed by atoms with E-state index in [1.54, 1.807) is 0 Å². The maximum absolute atomic E-state index is 8.97. The number of rotatable bonds is 0. The number of aliphatic hydroxyl groups is 4. The van der Waals surface area contributed by atoms with Crippen LogP contribution >= 0.6 is 0 Å². The van der Waals surface area contributed by atoms with Gasteiger partial charge in [-0.25, -0.2) is 0 Å². The molecule has 1 rings (SSSR count). The molecule has 5 atom stereocenters. The highest BCUT2D eigenvalue weighted by atomic mass is 16.4. The van der Waals surface area contributed by atoms with Gasteiger partial charge in [0.05, 0.1) is 0 Å². The van der Waals surface area contributed by atoms with Crippen molar-refractivity contribution in [1.82, 2.24) is 0 Å². The summed E-state index contributed by atoms with van der Waals surface area (Å²) in [5.41, 5.74) is 3.38. The number of aliphatic hydroxyl groups excluding tert-OH is 4. The van der Waals surface area contributed by atoms with E-state index in [2.05, 4.69) is 5.73 Å². The molecule has 0 amide bonds. The van der Waals surface area contributed by atoms with Crippen molar-refractivity contribution >= 4 is 0 Å². The molecule has 0 aromatic rings. The summed E-state index contributed by atoms with van der Waals surface area (Å²) in [6, 6.07) is -0.704. The van der Waals surface area contributed by atoms with Gasteiger partial charge in [0, 0.05) is 0 Å². The third-order valence-corrected chi connectivity index (χ3v) is 1.93. The number of hydrogen-bond acceptors (Lipinski definition) is 4. The van der Waals surface area contributed by atoms with E-state index >= 15 is 0 Å². The molecule has 0 aromatic carbocycles. The number of quaternary nitrogens is 1. The van der Waals surface area contributed by atoms with Gasteiger partial charge in [-0.15, -0.1) is 0 Å². The maximum atomic E-state index is 8.97. The minimum absolute atomic E-state index is 0.704. The SMILES string of the molecule is [NH3+]C1[C@@H](O)[C@H](O)[C@H](O)[C@@H]1O. The quantitative estimate of drug-likeness (QED) is 0.243. The van der Waals surface area contributed by atoms with Crippen LogP contribution in [-0.4, -0.2) is 50.9 Å². The van der Waals surface area contributed by atoms with Gasteiger partial charge in [-0.3, -0.25) is 0 Å². The van der Waals surface area contributed by atoms with E-state index in [4.69, 9.17) is 20.4 Å². The molecule has 60 valence electrons. The third kappa shape index (κ3) is 0.920. The van der Waals surface area contributed by atoms with Gasteiger partial charge in [-0.1, -0.05) is 0 Å². The van der Waals surface area contributed by atoms with Crippen LogP contribution < -0.4 is 5.73 Å². The Kier molecular flexibility index (Phi) is 1.93. The molecule has 0 bridgehead atoms. The van der Waals surface area contributed by atoms with Crippen molar-refractivity contribution in [3.05, 3.63) is 0 Å². The van der Waals surface area contributed by atoms with Gasteiger partial charge < -0.3 is 26.2 Å². The molecule has 1 unspecified atom stereocenters. The fourth-order valence-electron chi connectivity index (χ4n) is 1.11. The maximum Gasteiger partial charge on any atom is 0.142 e. The van der Waals surface area contributed by atoms with Gasteiger partial charge >= 0.3 is 0 Å². The zero-order chi connectivity index (χ0) is 7.89. The predicted octanol–water partition coefficient (Wildman–Crippen LogP) is -3.95. The van der Waals surface area contributed by atoms with Crippen molar-refractivity contribution in [2.24, 2.45) is 0 Å². The van der Waals surface area contributed by atoms with E-state index in [9.17, 15) is 0 Å². The normalized spacial score (nSPS) is 50.1. The van der Waals surface area contributed by atoms with Crippen LogP contribution in [0, 0.1) is 0 Å².